The van der Waals surface area contributed by atoms with E-state index in [1.807, 2.05) is 0 Å². The van der Waals surface area contributed by atoms with Crippen molar-refractivity contribution in [2.45, 2.75) is 37.8 Å². The molecular formula is C14H16BrNO4. The van der Waals surface area contributed by atoms with Crippen molar-refractivity contribution in [2.24, 2.45) is 0 Å². The summed E-state index contributed by atoms with van der Waals surface area (Å²) in [7, 11) is 0. The topological polar surface area (TPSA) is 67.8 Å². The van der Waals surface area contributed by atoms with Gasteiger partial charge in [-0.2, -0.15) is 0 Å². The molecule has 2 N–H and O–H groups in total. The van der Waals surface area contributed by atoms with Gasteiger partial charge in [0.2, 0.25) is 6.79 Å². The summed E-state index contributed by atoms with van der Waals surface area (Å²) in [6.07, 6.45) is 4.40. The molecule has 1 heterocycles. The summed E-state index contributed by atoms with van der Waals surface area (Å²) < 4.78 is 11.4. The van der Waals surface area contributed by atoms with Crippen LogP contribution in [-0.4, -0.2) is 23.9 Å². The number of nitrogens with one attached hydrogen (secondary N) is 1. The number of aliphatic carboxylic acids is 1. The van der Waals surface area contributed by atoms with Crippen LogP contribution in [0.25, 0.3) is 0 Å². The Balaban J connectivity index is 1.87. The highest BCUT2D eigenvalue weighted by molar-refractivity contribution is 9.10. The minimum Gasteiger partial charge on any atom is -0.480 e. The number of fused-ring (bicyclic) bond motifs is 1. The first-order valence-electron chi connectivity index (χ1n) is 6.73. The normalized spacial score (nSPS) is 19.2. The maximum absolute atomic E-state index is 11.5. The lowest BCUT2D eigenvalue weighted by atomic mass is 10.0. The fourth-order valence-corrected chi connectivity index (χ4v) is 3.37. The third-order valence-corrected chi connectivity index (χ3v) is 4.38. The van der Waals surface area contributed by atoms with E-state index in [9.17, 15) is 9.90 Å². The van der Waals surface area contributed by atoms with Crippen LogP contribution in [0, 0.1) is 0 Å². The molecular weight excluding hydrogens is 326 g/mol. The quantitative estimate of drug-likeness (QED) is 0.881. The van der Waals surface area contributed by atoms with Gasteiger partial charge in [0.05, 0.1) is 4.47 Å². The molecule has 1 atom stereocenters. The van der Waals surface area contributed by atoms with E-state index >= 15 is 0 Å². The summed E-state index contributed by atoms with van der Waals surface area (Å²) in [5, 5.41) is 12.7. The molecule has 2 aliphatic rings. The highest BCUT2D eigenvalue weighted by Crippen LogP contribution is 2.41. The molecule has 0 aromatic heterocycles. The van der Waals surface area contributed by atoms with Crippen molar-refractivity contribution >= 4 is 21.9 Å². The molecule has 1 fully saturated rings. The molecule has 3 rings (SSSR count). The summed E-state index contributed by atoms with van der Waals surface area (Å²) >= 11 is 3.40. The van der Waals surface area contributed by atoms with E-state index in [1.54, 1.807) is 12.1 Å². The maximum Gasteiger partial charge on any atom is 0.325 e. The maximum atomic E-state index is 11.5. The molecule has 0 spiro atoms. The molecule has 108 valence electrons. The predicted octanol–water partition coefficient (Wildman–Crippen LogP) is 2.84. The number of hydrogen-bond acceptors (Lipinski definition) is 4. The lowest BCUT2D eigenvalue weighted by Crippen LogP contribution is -2.35. The molecule has 1 unspecified atom stereocenters. The van der Waals surface area contributed by atoms with Crippen molar-refractivity contribution in [3.05, 3.63) is 22.2 Å². The van der Waals surface area contributed by atoms with Crippen LogP contribution in [0.2, 0.25) is 0 Å². The van der Waals surface area contributed by atoms with Crippen LogP contribution in [-0.2, 0) is 4.79 Å². The second-order valence-corrected chi connectivity index (χ2v) is 6.01. The van der Waals surface area contributed by atoms with Crippen LogP contribution >= 0.6 is 15.9 Å². The molecule has 1 aromatic rings. The highest BCUT2D eigenvalue weighted by Gasteiger charge is 2.28. The fourth-order valence-electron chi connectivity index (χ4n) is 2.79. The van der Waals surface area contributed by atoms with Crippen LogP contribution in [0.4, 0.5) is 0 Å². The first-order valence-corrected chi connectivity index (χ1v) is 7.52. The Kier molecular flexibility index (Phi) is 3.85. The Hall–Kier alpha value is -1.27. The number of benzene rings is 1. The van der Waals surface area contributed by atoms with Crippen LogP contribution in [0.15, 0.2) is 16.6 Å². The average Bonchev–Trinajstić information content (AvgIpc) is 3.06. The summed E-state index contributed by atoms with van der Waals surface area (Å²) in [6.45, 7) is 0.172. The SMILES string of the molecule is O=C(O)C(NC1CCCC1)c1cc(Br)c2c(c1)OCO2. The van der Waals surface area contributed by atoms with Gasteiger partial charge in [0.1, 0.15) is 6.04 Å². The molecule has 0 amide bonds. The average molecular weight is 342 g/mol. The van der Waals surface area contributed by atoms with E-state index in [-0.39, 0.29) is 12.8 Å². The van der Waals surface area contributed by atoms with Gasteiger partial charge in [-0.1, -0.05) is 12.8 Å². The zero-order valence-electron chi connectivity index (χ0n) is 10.9. The molecule has 0 bridgehead atoms. The molecule has 1 aliphatic heterocycles. The number of carboxylic acids is 1. The Morgan fingerprint density at radius 1 is 1.35 bits per heavy atom. The smallest absolute Gasteiger partial charge is 0.325 e. The lowest BCUT2D eigenvalue weighted by Gasteiger charge is -2.20. The zero-order chi connectivity index (χ0) is 14.1. The van der Waals surface area contributed by atoms with Crippen molar-refractivity contribution in [3.8, 4) is 11.5 Å². The van der Waals surface area contributed by atoms with E-state index in [0.717, 1.165) is 30.2 Å². The van der Waals surface area contributed by atoms with Crippen molar-refractivity contribution in [1.29, 1.82) is 0 Å². The van der Waals surface area contributed by atoms with Crippen LogP contribution < -0.4 is 14.8 Å². The van der Waals surface area contributed by atoms with Gasteiger partial charge in [-0.3, -0.25) is 10.1 Å². The fraction of sp³-hybridized carbons (Fsp3) is 0.500. The van der Waals surface area contributed by atoms with E-state index < -0.39 is 12.0 Å². The van der Waals surface area contributed by atoms with Crippen molar-refractivity contribution < 1.29 is 19.4 Å². The van der Waals surface area contributed by atoms with Crippen LogP contribution in [0.3, 0.4) is 0 Å². The first kappa shape index (κ1) is 13.7. The number of rotatable bonds is 4. The lowest BCUT2D eigenvalue weighted by molar-refractivity contribution is -0.139. The Bertz CT molecular complexity index is 528. The molecule has 20 heavy (non-hydrogen) atoms. The number of halogens is 1. The molecule has 1 aliphatic carbocycles. The van der Waals surface area contributed by atoms with Gasteiger partial charge in [0.15, 0.2) is 11.5 Å². The van der Waals surface area contributed by atoms with Crippen LogP contribution in [0.5, 0.6) is 11.5 Å². The number of ether oxygens (including phenoxy) is 2. The van der Waals surface area contributed by atoms with Gasteiger partial charge in [-0.05, 0) is 46.5 Å². The van der Waals surface area contributed by atoms with Gasteiger partial charge in [-0.15, -0.1) is 0 Å². The van der Waals surface area contributed by atoms with Crippen LogP contribution in [0.1, 0.15) is 37.3 Å². The van der Waals surface area contributed by atoms with Crippen molar-refractivity contribution in [1.82, 2.24) is 5.32 Å². The highest BCUT2D eigenvalue weighted by atomic mass is 79.9. The summed E-state index contributed by atoms with van der Waals surface area (Å²) in [5.41, 5.74) is 0.681. The molecule has 1 saturated carbocycles. The molecule has 5 nitrogen and oxygen atoms in total. The Morgan fingerprint density at radius 2 is 2.10 bits per heavy atom. The zero-order valence-corrected chi connectivity index (χ0v) is 12.5. The van der Waals surface area contributed by atoms with E-state index in [2.05, 4.69) is 21.2 Å². The molecule has 0 radical (unpaired) electrons. The van der Waals surface area contributed by atoms with Gasteiger partial charge in [0.25, 0.3) is 0 Å². The predicted molar refractivity (Wildman–Crippen MR) is 76.0 cm³/mol. The monoisotopic (exact) mass is 341 g/mol. The van der Waals surface area contributed by atoms with Gasteiger partial charge < -0.3 is 14.6 Å². The van der Waals surface area contributed by atoms with Gasteiger partial charge in [0, 0.05) is 6.04 Å². The summed E-state index contributed by atoms with van der Waals surface area (Å²) in [6, 6.07) is 3.09. The van der Waals surface area contributed by atoms with Gasteiger partial charge >= 0.3 is 5.97 Å². The van der Waals surface area contributed by atoms with E-state index in [1.165, 1.54) is 0 Å². The Morgan fingerprint density at radius 3 is 2.80 bits per heavy atom. The third-order valence-electron chi connectivity index (χ3n) is 3.79. The van der Waals surface area contributed by atoms with E-state index in [0.29, 0.717) is 17.1 Å². The standard InChI is InChI=1S/C14H16BrNO4/c15-10-5-8(6-11-13(10)20-7-19-11)12(14(17)18)16-9-3-1-2-4-9/h5-6,9,12,16H,1-4,7H2,(H,17,18). The molecule has 0 saturated heterocycles. The molecule has 1 aromatic carbocycles. The number of hydrogen-bond donors (Lipinski definition) is 2. The molecule has 6 heteroatoms. The number of carbonyl (C=O) groups is 1. The third kappa shape index (κ3) is 2.62. The minimum atomic E-state index is -0.873. The second-order valence-electron chi connectivity index (χ2n) is 5.16. The van der Waals surface area contributed by atoms with Crippen molar-refractivity contribution in [3.63, 3.8) is 0 Å². The van der Waals surface area contributed by atoms with Gasteiger partial charge in [-0.25, -0.2) is 0 Å². The first-order chi connectivity index (χ1) is 9.65. The largest absolute Gasteiger partial charge is 0.480 e. The van der Waals surface area contributed by atoms with Crippen molar-refractivity contribution in [2.75, 3.05) is 6.79 Å². The summed E-state index contributed by atoms with van der Waals surface area (Å²) in [5.74, 6) is 0.357. The van der Waals surface area contributed by atoms with E-state index in [4.69, 9.17) is 9.47 Å². The summed E-state index contributed by atoms with van der Waals surface area (Å²) in [4.78, 5) is 11.5. The number of carboxylic acid groups (broad SMARTS) is 1. The Labute approximate surface area is 125 Å². The second kappa shape index (κ2) is 5.61. The minimum absolute atomic E-state index is 0.172.